The minimum Gasteiger partial charge on any atom is -0.495 e. The van der Waals surface area contributed by atoms with Crippen LogP contribution in [-0.4, -0.2) is 23.9 Å². The Balaban J connectivity index is 1.78. The summed E-state index contributed by atoms with van der Waals surface area (Å²) in [6, 6.07) is 15.5. The van der Waals surface area contributed by atoms with E-state index in [1.807, 2.05) is 0 Å². The van der Waals surface area contributed by atoms with Crippen LogP contribution in [0.1, 0.15) is 17.3 Å². The van der Waals surface area contributed by atoms with E-state index in [-0.39, 0.29) is 11.8 Å². The fourth-order valence-corrected chi connectivity index (χ4v) is 2.91. The van der Waals surface area contributed by atoms with E-state index in [1.54, 1.807) is 60.8 Å². The second kappa shape index (κ2) is 8.54. The minimum absolute atomic E-state index is 0.177. The monoisotopic (exact) mass is 395 g/mol. The molecule has 0 saturated heterocycles. The number of rotatable bonds is 5. The van der Waals surface area contributed by atoms with E-state index in [9.17, 15) is 9.59 Å². The summed E-state index contributed by atoms with van der Waals surface area (Å²) in [6.45, 7) is 1.44. The highest BCUT2D eigenvalue weighted by Gasteiger charge is 2.11. The Bertz CT molecular complexity index is 1020. The lowest BCUT2D eigenvalue weighted by atomic mass is 10.1. The average molecular weight is 396 g/mol. The van der Waals surface area contributed by atoms with Crippen molar-refractivity contribution in [3.63, 3.8) is 0 Å². The molecule has 142 valence electrons. The summed E-state index contributed by atoms with van der Waals surface area (Å²) in [6.07, 6.45) is 1.65. The topological polar surface area (TPSA) is 80.3 Å². The summed E-state index contributed by atoms with van der Waals surface area (Å²) in [5.74, 6) is 0.0913. The molecule has 28 heavy (non-hydrogen) atoms. The molecule has 3 aromatic rings. The lowest BCUT2D eigenvalue weighted by Gasteiger charge is -2.10. The quantitative estimate of drug-likeness (QED) is 0.660. The Morgan fingerprint density at radius 2 is 1.79 bits per heavy atom. The molecule has 0 unspecified atom stereocenters. The number of benzene rings is 2. The first-order valence-electron chi connectivity index (χ1n) is 8.46. The molecule has 0 aliphatic heterocycles. The van der Waals surface area contributed by atoms with Crippen molar-refractivity contribution in [2.75, 3.05) is 17.7 Å². The van der Waals surface area contributed by atoms with Crippen LogP contribution in [-0.2, 0) is 4.79 Å². The second-order valence-electron chi connectivity index (χ2n) is 5.96. The van der Waals surface area contributed by atoms with Gasteiger partial charge in [-0.2, -0.15) is 0 Å². The zero-order valence-electron chi connectivity index (χ0n) is 15.3. The standard InChI is InChI=1S/C21H18ClN3O3/c1-13(26)24-18-4-3-11-23-20(18)14-5-7-15(8-6-14)21(27)25-16-9-10-19(28-2)17(22)12-16/h3-12H,1-2H3,(H,24,26)(H,25,27). The van der Waals surface area contributed by atoms with Crippen LogP contribution in [0.15, 0.2) is 60.8 Å². The Morgan fingerprint density at radius 3 is 2.43 bits per heavy atom. The Labute approximate surface area is 167 Å². The predicted octanol–water partition coefficient (Wildman–Crippen LogP) is 4.62. The molecule has 0 spiro atoms. The summed E-state index contributed by atoms with van der Waals surface area (Å²) in [4.78, 5) is 28.2. The van der Waals surface area contributed by atoms with Gasteiger partial charge in [0, 0.05) is 29.9 Å². The molecule has 2 amide bonds. The second-order valence-corrected chi connectivity index (χ2v) is 6.37. The van der Waals surface area contributed by atoms with Crippen LogP contribution in [0.2, 0.25) is 5.02 Å². The van der Waals surface area contributed by atoms with Crippen LogP contribution < -0.4 is 15.4 Å². The summed E-state index contributed by atoms with van der Waals surface area (Å²) in [7, 11) is 1.53. The zero-order valence-corrected chi connectivity index (χ0v) is 16.1. The van der Waals surface area contributed by atoms with E-state index in [1.165, 1.54) is 14.0 Å². The van der Waals surface area contributed by atoms with Gasteiger partial charge in [0.05, 0.1) is 23.5 Å². The average Bonchev–Trinajstić information content (AvgIpc) is 2.68. The number of aromatic nitrogens is 1. The minimum atomic E-state index is -0.268. The molecule has 3 rings (SSSR count). The fraction of sp³-hybridized carbons (Fsp3) is 0.0952. The molecule has 0 bridgehead atoms. The van der Waals surface area contributed by atoms with Crippen molar-refractivity contribution in [1.29, 1.82) is 0 Å². The third-order valence-electron chi connectivity index (χ3n) is 3.95. The maximum Gasteiger partial charge on any atom is 0.255 e. The van der Waals surface area contributed by atoms with Gasteiger partial charge in [0.2, 0.25) is 5.91 Å². The summed E-state index contributed by atoms with van der Waals surface area (Å²) >= 11 is 6.09. The number of pyridine rings is 1. The molecular weight excluding hydrogens is 378 g/mol. The molecule has 6 nitrogen and oxygen atoms in total. The normalized spacial score (nSPS) is 10.2. The molecule has 1 aromatic heterocycles. The van der Waals surface area contributed by atoms with Crippen LogP contribution in [0.3, 0.4) is 0 Å². The number of hydrogen-bond acceptors (Lipinski definition) is 4. The predicted molar refractivity (Wildman–Crippen MR) is 110 cm³/mol. The van der Waals surface area contributed by atoms with E-state index in [0.29, 0.717) is 33.4 Å². The highest BCUT2D eigenvalue weighted by molar-refractivity contribution is 6.32. The van der Waals surface area contributed by atoms with Gasteiger partial charge in [-0.25, -0.2) is 0 Å². The van der Waals surface area contributed by atoms with E-state index >= 15 is 0 Å². The fourth-order valence-electron chi connectivity index (χ4n) is 2.65. The molecule has 0 aliphatic rings. The number of nitrogens with zero attached hydrogens (tertiary/aromatic N) is 1. The molecular formula is C21H18ClN3O3. The van der Waals surface area contributed by atoms with Crippen molar-refractivity contribution in [2.45, 2.75) is 6.92 Å². The van der Waals surface area contributed by atoms with Gasteiger partial charge in [0.25, 0.3) is 5.91 Å². The van der Waals surface area contributed by atoms with Gasteiger partial charge < -0.3 is 15.4 Å². The number of halogens is 1. The van der Waals surface area contributed by atoms with Gasteiger partial charge in [0.15, 0.2) is 0 Å². The molecule has 0 fully saturated rings. The van der Waals surface area contributed by atoms with Gasteiger partial charge in [-0.05, 0) is 42.5 Å². The summed E-state index contributed by atoms with van der Waals surface area (Å²) in [5.41, 5.74) is 3.07. The van der Waals surface area contributed by atoms with E-state index < -0.39 is 0 Å². The first kappa shape index (κ1) is 19.4. The largest absolute Gasteiger partial charge is 0.495 e. The van der Waals surface area contributed by atoms with Crippen LogP contribution in [0.4, 0.5) is 11.4 Å². The smallest absolute Gasteiger partial charge is 0.255 e. The van der Waals surface area contributed by atoms with Crippen LogP contribution in [0.25, 0.3) is 11.3 Å². The molecule has 2 aromatic carbocycles. The van der Waals surface area contributed by atoms with E-state index in [4.69, 9.17) is 16.3 Å². The summed E-state index contributed by atoms with van der Waals surface area (Å²) < 4.78 is 5.10. The van der Waals surface area contributed by atoms with Gasteiger partial charge in [0.1, 0.15) is 5.75 Å². The van der Waals surface area contributed by atoms with Gasteiger partial charge in [-0.1, -0.05) is 23.7 Å². The maximum absolute atomic E-state index is 12.5. The first-order chi connectivity index (χ1) is 13.5. The number of nitrogens with one attached hydrogen (secondary N) is 2. The molecule has 0 radical (unpaired) electrons. The zero-order chi connectivity index (χ0) is 20.1. The third kappa shape index (κ3) is 4.47. The van der Waals surface area contributed by atoms with Gasteiger partial charge in [-0.3, -0.25) is 14.6 Å². The SMILES string of the molecule is COc1ccc(NC(=O)c2ccc(-c3ncccc3NC(C)=O)cc2)cc1Cl. The molecule has 0 atom stereocenters. The molecule has 0 aliphatic carbocycles. The number of amides is 2. The Kier molecular flexibility index (Phi) is 5.91. The molecule has 0 saturated carbocycles. The van der Waals surface area contributed by atoms with E-state index in [0.717, 1.165) is 5.56 Å². The van der Waals surface area contributed by atoms with E-state index in [2.05, 4.69) is 15.6 Å². The van der Waals surface area contributed by atoms with Crippen molar-refractivity contribution in [3.05, 3.63) is 71.4 Å². The Hall–Kier alpha value is -3.38. The van der Waals surface area contributed by atoms with Crippen LogP contribution in [0.5, 0.6) is 5.75 Å². The van der Waals surface area contributed by atoms with Crippen molar-refractivity contribution in [1.82, 2.24) is 4.98 Å². The number of hydrogen-bond donors (Lipinski definition) is 2. The van der Waals surface area contributed by atoms with Crippen molar-refractivity contribution in [3.8, 4) is 17.0 Å². The Morgan fingerprint density at radius 1 is 1.04 bits per heavy atom. The first-order valence-corrected chi connectivity index (χ1v) is 8.83. The van der Waals surface area contributed by atoms with Gasteiger partial charge in [-0.15, -0.1) is 0 Å². The number of anilines is 2. The molecule has 1 heterocycles. The van der Waals surface area contributed by atoms with Crippen LogP contribution >= 0.6 is 11.6 Å². The number of carbonyl (C=O) groups excluding carboxylic acids is 2. The van der Waals surface area contributed by atoms with Crippen molar-refractivity contribution in [2.24, 2.45) is 0 Å². The van der Waals surface area contributed by atoms with Crippen molar-refractivity contribution < 1.29 is 14.3 Å². The van der Waals surface area contributed by atoms with Gasteiger partial charge >= 0.3 is 0 Å². The van der Waals surface area contributed by atoms with Crippen LogP contribution in [0, 0.1) is 0 Å². The third-order valence-corrected chi connectivity index (χ3v) is 4.24. The number of methoxy groups -OCH3 is 1. The maximum atomic E-state index is 12.5. The van der Waals surface area contributed by atoms with Crippen molar-refractivity contribution >= 4 is 34.8 Å². The summed E-state index contributed by atoms with van der Waals surface area (Å²) in [5, 5.41) is 5.96. The number of carbonyl (C=O) groups is 2. The molecule has 2 N–H and O–H groups in total. The lowest BCUT2D eigenvalue weighted by molar-refractivity contribution is -0.114. The highest BCUT2D eigenvalue weighted by atomic mass is 35.5. The number of ether oxygens (including phenoxy) is 1. The highest BCUT2D eigenvalue weighted by Crippen LogP contribution is 2.28. The molecule has 7 heteroatoms. The lowest BCUT2D eigenvalue weighted by Crippen LogP contribution is -2.12.